The van der Waals surface area contributed by atoms with E-state index in [0.717, 1.165) is 0 Å². The van der Waals surface area contributed by atoms with Gasteiger partial charge in [0.2, 0.25) is 11.7 Å². The molecule has 0 spiro atoms. The number of fused-ring (bicyclic) bond motifs is 3. The first-order valence-electron chi connectivity index (χ1n) is 13.0. The fourth-order valence-corrected chi connectivity index (χ4v) is 6.69. The fraction of sp³-hybridized carbons (Fsp3) is 0.500. The summed E-state index contributed by atoms with van der Waals surface area (Å²) in [6.45, 7) is 3.61. The number of benzene rings is 1. The molecule has 222 valence electrons. The Bertz CT molecular complexity index is 1450. The van der Waals surface area contributed by atoms with Crippen LogP contribution in [0.3, 0.4) is 0 Å². The second kappa shape index (κ2) is 10.1. The molecule has 0 heterocycles. The van der Waals surface area contributed by atoms with E-state index in [1.165, 1.54) is 18.0 Å². The maximum atomic E-state index is 13.8. The van der Waals surface area contributed by atoms with Gasteiger partial charge in [0.05, 0.1) is 17.1 Å². The van der Waals surface area contributed by atoms with Gasteiger partial charge in [-0.3, -0.25) is 29.0 Å². The molecular formula is C28H35ClN4O8. The molecule has 1 unspecified atom stereocenters. The lowest BCUT2D eigenvalue weighted by atomic mass is 9.58. The van der Waals surface area contributed by atoms with Crippen molar-refractivity contribution in [1.29, 1.82) is 0 Å². The minimum atomic E-state index is -2.71. The average Bonchev–Trinajstić information content (AvgIpc) is 2.87. The first kappa shape index (κ1) is 30.5. The van der Waals surface area contributed by atoms with Crippen LogP contribution in [0.1, 0.15) is 41.8 Å². The molecule has 0 saturated carbocycles. The molecule has 12 nitrogen and oxygen atoms in total. The summed E-state index contributed by atoms with van der Waals surface area (Å²) in [6, 6.07) is 0.226. The number of hydrogen-bond acceptors (Lipinski definition) is 10. The first-order valence-corrected chi connectivity index (χ1v) is 13.4. The highest BCUT2D eigenvalue weighted by Crippen LogP contribution is 2.53. The zero-order valence-electron chi connectivity index (χ0n) is 23.7. The summed E-state index contributed by atoms with van der Waals surface area (Å²) in [5.74, 6) is -7.51. The number of primary amides is 1. The smallest absolute Gasteiger partial charge is 0.255 e. The van der Waals surface area contributed by atoms with E-state index in [9.17, 15) is 39.6 Å². The van der Waals surface area contributed by atoms with Gasteiger partial charge in [-0.1, -0.05) is 11.6 Å². The van der Waals surface area contributed by atoms with Crippen LogP contribution in [0.5, 0.6) is 5.75 Å². The zero-order valence-corrected chi connectivity index (χ0v) is 24.5. The summed E-state index contributed by atoms with van der Waals surface area (Å²) < 4.78 is 0. The van der Waals surface area contributed by atoms with Crippen molar-refractivity contribution in [2.24, 2.45) is 17.6 Å². The number of likely N-dealkylation sites (N-methyl/N-ethyl adjacent to an activating group) is 3. The third kappa shape index (κ3) is 4.32. The van der Waals surface area contributed by atoms with Crippen molar-refractivity contribution >= 4 is 35.0 Å². The predicted molar refractivity (Wildman–Crippen MR) is 148 cm³/mol. The van der Waals surface area contributed by atoms with Crippen LogP contribution in [-0.4, -0.2) is 99.0 Å². The topological polar surface area (TPSA) is 194 Å². The van der Waals surface area contributed by atoms with Crippen LogP contribution < -0.4 is 11.1 Å². The third-order valence-electron chi connectivity index (χ3n) is 8.88. The molecule has 0 saturated heterocycles. The molecule has 0 aliphatic heterocycles. The number of hydrogen-bond donors (Lipinski definition) is 6. The quantitative estimate of drug-likeness (QED) is 0.257. The summed E-state index contributed by atoms with van der Waals surface area (Å²) in [5, 5.41) is 47.7. The monoisotopic (exact) mass is 590 g/mol. The van der Waals surface area contributed by atoms with E-state index in [1.54, 1.807) is 39.9 Å². The highest BCUT2D eigenvalue weighted by Gasteiger charge is 2.63. The Hall–Kier alpha value is -3.45. The maximum absolute atomic E-state index is 13.8. The van der Waals surface area contributed by atoms with Crippen LogP contribution in [0.15, 0.2) is 28.7 Å². The third-order valence-corrected chi connectivity index (χ3v) is 9.35. The second-order valence-electron chi connectivity index (χ2n) is 11.7. The molecule has 3 aliphatic carbocycles. The van der Waals surface area contributed by atoms with Gasteiger partial charge in [-0.15, -0.1) is 0 Å². The summed E-state index contributed by atoms with van der Waals surface area (Å²) >= 11 is 6.80. The normalized spacial score (nSPS) is 26.2. The van der Waals surface area contributed by atoms with Crippen molar-refractivity contribution in [2.75, 3.05) is 28.2 Å². The number of aliphatic hydroxyl groups excluding tert-OH is 2. The lowest BCUT2D eigenvalue weighted by Gasteiger charge is -2.50. The number of nitrogens with zero attached hydrogens (tertiary/aromatic N) is 2. The Morgan fingerprint density at radius 2 is 1.80 bits per heavy atom. The van der Waals surface area contributed by atoms with Gasteiger partial charge in [0.15, 0.2) is 11.4 Å². The summed E-state index contributed by atoms with van der Waals surface area (Å²) in [7, 11) is 6.37. The van der Waals surface area contributed by atoms with Crippen molar-refractivity contribution in [3.63, 3.8) is 0 Å². The molecule has 0 fully saturated rings. The van der Waals surface area contributed by atoms with Gasteiger partial charge in [-0.25, -0.2) is 0 Å². The second-order valence-corrected chi connectivity index (χ2v) is 12.1. The number of amides is 2. The van der Waals surface area contributed by atoms with E-state index < -0.39 is 69.3 Å². The molecule has 7 N–H and O–H groups in total. The van der Waals surface area contributed by atoms with E-state index in [0.29, 0.717) is 11.1 Å². The van der Waals surface area contributed by atoms with Crippen molar-refractivity contribution in [1.82, 2.24) is 15.1 Å². The number of nitrogens with two attached hydrogens (primary N) is 1. The van der Waals surface area contributed by atoms with E-state index in [1.807, 2.05) is 0 Å². The van der Waals surface area contributed by atoms with Gasteiger partial charge in [0, 0.05) is 30.1 Å². The van der Waals surface area contributed by atoms with Crippen molar-refractivity contribution in [3.05, 3.63) is 50.4 Å². The molecule has 0 aromatic heterocycles. The number of nitrogens with one attached hydrogen (secondary N) is 1. The number of aromatic hydroxyl groups is 1. The Kier molecular flexibility index (Phi) is 7.53. The van der Waals surface area contributed by atoms with Gasteiger partial charge < -0.3 is 31.5 Å². The number of phenols is 1. The van der Waals surface area contributed by atoms with Gasteiger partial charge in [-0.2, -0.15) is 0 Å². The maximum Gasteiger partial charge on any atom is 0.255 e. The lowest BCUT2D eigenvalue weighted by Crippen LogP contribution is -2.63. The number of carbonyl (C=O) groups is 4. The number of phenolic OH excluding ortho intramolecular Hbond substituents is 1. The molecule has 0 bridgehead atoms. The standard InChI is InChI=1S/C28H35ClN4O8/c1-27(2,26(40)31-3)33(6)10-12-9-15(34)17-13(19(12)29)7-11-8-14-20(32(4)5)22(36)18(25(30)39)24(38)28(14,41)23(37)16(11)21(17)35/h9,11,14,20,34,36-37,41H,7-8,10H2,1-6H3,(H2,30,39)(H,31,40)/t11-,14-,20-,28?/m0/s1. The molecule has 4 atom stereocenters. The highest BCUT2D eigenvalue weighted by atomic mass is 35.5. The summed E-state index contributed by atoms with van der Waals surface area (Å²) in [5.41, 5.74) is 1.20. The van der Waals surface area contributed by atoms with Crippen LogP contribution >= 0.6 is 11.6 Å². The van der Waals surface area contributed by atoms with E-state index in [2.05, 4.69) is 5.32 Å². The predicted octanol–water partition coefficient (Wildman–Crippen LogP) is 0.730. The highest BCUT2D eigenvalue weighted by molar-refractivity contribution is 6.33. The van der Waals surface area contributed by atoms with Gasteiger partial charge in [0.25, 0.3) is 5.91 Å². The minimum absolute atomic E-state index is 0.0450. The molecule has 3 aliphatic rings. The van der Waals surface area contributed by atoms with E-state index in [4.69, 9.17) is 17.3 Å². The summed E-state index contributed by atoms with van der Waals surface area (Å²) in [6.07, 6.45) is 0.0218. The largest absolute Gasteiger partial charge is 0.510 e. The molecule has 1 aromatic carbocycles. The number of Topliss-reactive ketones (excluding diaryl/α,β-unsaturated/α-hetero) is 2. The average molecular weight is 591 g/mol. The number of carbonyl (C=O) groups excluding carboxylic acids is 4. The number of aliphatic hydroxyl groups is 3. The lowest BCUT2D eigenvalue weighted by molar-refractivity contribution is -0.148. The van der Waals surface area contributed by atoms with Crippen LogP contribution in [0.2, 0.25) is 5.02 Å². The molecule has 1 aromatic rings. The van der Waals surface area contributed by atoms with Crippen molar-refractivity contribution in [3.8, 4) is 5.75 Å². The Morgan fingerprint density at radius 1 is 1.20 bits per heavy atom. The number of rotatable bonds is 6. The van der Waals surface area contributed by atoms with Crippen molar-refractivity contribution < 1.29 is 39.6 Å². The van der Waals surface area contributed by atoms with Crippen LogP contribution in [0.25, 0.3) is 0 Å². The van der Waals surface area contributed by atoms with Gasteiger partial charge >= 0.3 is 0 Å². The summed E-state index contributed by atoms with van der Waals surface area (Å²) in [4.78, 5) is 54.9. The Morgan fingerprint density at radius 3 is 2.34 bits per heavy atom. The Labute approximate surface area is 242 Å². The molecule has 2 amide bonds. The number of halogens is 1. The first-order chi connectivity index (χ1) is 18.9. The van der Waals surface area contributed by atoms with Crippen LogP contribution in [0, 0.1) is 11.8 Å². The molecule has 4 rings (SSSR count). The van der Waals surface area contributed by atoms with E-state index in [-0.39, 0.29) is 41.5 Å². The van der Waals surface area contributed by atoms with Crippen molar-refractivity contribution in [2.45, 2.75) is 50.4 Å². The zero-order chi connectivity index (χ0) is 30.9. The fourth-order valence-electron chi connectivity index (χ4n) is 6.40. The molecular weight excluding hydrogens is 556 g/mol. The number of ketones is 2. The molecule has 41 heavy (non-hydrogen) atoms. The van der Waals surface area contributed by atoms with Crippen LogP contribution in [-0.2, 0) is 27.3 Å². The van der Waals surface area contributed by atoms with Crippen LogP contribution in [0.4, 0.5) is 0 Å². The molecule has 13 heteroatoms. The van der Waals surface area contributed by atoms with Gasteiger partial charge in [-0.05, 0) is 70.9 Å². The van der Waals surface area contributed by atoms with E-state index >= 15 is 0 Å². The SMILES string of the molecule is CNC(=O)C(C)(C)N(C)Cc1cc(O)c2c(c1Cl)C[C@H]1C[C@H]3[C@H](N(C)C)C(O)=C(C(N)=O)C(=O)C3(O)C(O)=C1C2=O. The minimum Gasteiger partial charge on any atom is -0.510 e. The van der Waals surface area contributed by atoms with Gasteiger partial charge in [0.1, 0.15) is 22.8 Å². The molecule has 0 radical (unpaired) electrons. The number of allylic oxidation sites excluding steroid dienone is 1. The Balaban J connectivity index is 1.85.